The molecule has 1 heterocycles. The number of hydrogen-bond acceptors (Lipinski definition) is 3. The van der Waals surface area contributed by atoms with E-state index in [0.717, 1.165) is 17.1 Å². The summed E-state index contributed by atoms with van der Waals surface area (Å²) >= 11 is 0. The Morgan fingerprint density at radius 2 is 2.11 bits per heavy atom. The van der Waals surface area contributed by atoms with Crippen molar-refractivity contribution in [3.05, 3.63) is 23.8 Å². The summed E-state index contributed by atoms with van der Waals surface area (Å²) < 4.78 is 10.9. The molecule has 0 spiro atoms. The first-order chi connectivity index (χ1) is 8.91. The standard InChI is InChI=1S/C15H21NO3/c1-15(2,3)14(17)16-7-8-19-13-9-12(18-4)6-5-11(13)10-16/h5-6,9H,7-8,10H2,1-4H3. The Kier molecular flexibility index (Phi) is 3.69. The van der Waals surface area contributed by atoms with E-state index >= 15 is 0 Å². The van der Waals surface area contributed by atoms with Gasteiger partial charge in [0.05, 0.1) is 13.7 Å². The van der Waals surface area contributed by atoms with E-state index in [1.54, 1.807) is 7.11 Å². The van der Waals surface area contributed by atoms with Gasteiger partial charge in [0.1, 0.15) is 18.1 Å². The number of carbonyl (C=O) groups excluding carboxylic acids is 1. The van der Waals surface area contributed by atoms with Crippen LogP contribution in [0.1, 0.15) is 26.3 Å². The van der Waals surface area contributed by atoms with Crippen molar-refractivity contribution in [1.29, 1.82) is 0 Å². The molecule has 1 amide bonds. The van der Waals surface area contributed by atoms with Crippen LogP contribution in [-0.4, -0.2) is 31.1 Å². The third-order valence-electron chi connectivity index (χ3n) is 3.18. The van der Waals surface area contributed by atoms with Crippen LogP contribution >= 0.6 is 0 Å². The van der Waals surface area contributed by atoms with Crippen LogP contribution in [0.15, 0.2) is 18.2 Å². The molecule has 0 saturated heterocycles. The van der Waals surface area contributed by atoms with Crippen molar-refractivity contribution in [3.63, 3.8) is 0 Å². The van der Waals surface area contributed by atoms with Gasteiger partial charge in [-0.2, -0.15) is 0 Å². The predicted molar refractivity (Wildman–Crippen MR) is 73.4 cm³/mol. The van der Waals surface area contributed by atoms with E-state index in [0.29, 0.717) is 19.7 Å². The summed E-state index contributed by atoms with van der Waals surface area (Å²) in [7, 11) is 1.63. The summed E-state index contributed by atoms with van der Waals surface area (Å²) in [5.41, 5.74) is 0.660. The molecule has 0 atom stereocenters. The van der Waals surface area contributed by atoms with E-state index < -0.39 is 0 Å². The molecule has 0 N–H and O–H groups in total. The molecule has 1 aliphatic rings. The highest BCUT2D eigenvalue weighted by Gasteiger charge is 2.29. The van der Waals surface area contributed by atoms with E-state index in [1.807, 2.05) is 43.9 Å². The van der Waals surface area contributed by atoms with Crippen LogP contribution in [0.3, 0.4) is 0 Å². The lowest BCUT2D eigenvalue weighted by molar-refractivity contribution is -0.140. The third-order valence-corrected chi connectivity index (χ3v) is 3.18. The van der Waals surface area contributed by atoms with Gasteiger partial charge in [0, 0.05) is 23.6 Å². The molecule has 104 valence electrons. The molecule has 4 heteroatoms. The first kappa shape index (κ1) is 13.7. The molecule has 0 aliphatic carbocycles. The normalized spacial score (nSPS) is 15.3. The summed E-state index contributed by atoms with van der Waals surface area (Å²) in [5.74, 6) is 1.73. The molecule has 2 rings (SSSR count). The van der Waals surface area contributed by atoms with E-state index in [2.05, 4.69) is 0 Å². The maximum atomic E-state index is 12.4. The molecule has 0 aromatic heterocycles. The van der Waals surface area contributed by atoms with Gasteiger partial charge >= 0.3 is 0 Å². The number of nitrogens with zero attached hydrogens (tertiary/aromatic N) is 1. The Morgan fingerprint density at radius 1 is 1.37 bits per heavy atom. The van der Waals surface area contributed by atoms with Crippen molar-refractivity contribution in [2.24, 2.45) is 5.41 Å². The second kappa shape index (κ2) is 5.11. The highest BCUT2D eigenvalue weighted by molar-refractivity contribution is 5.81. The zero-order valence-corrected chi connectivity index (χ0v) is 12.0. The molecule has 4 nitrogen and oxygen atoms in total. The minimum absolute atomic E-state index is 0.153. The monoisotopic (exact) mass is 263 g/mol. The van der Waals surface area contributed by atoms with Crippen LogP contribution in [-0.2, 0) is 11.3 Å². The molecule has 0 radical (unpaired) electrons. The Morgan fingerprint density at radius 3 is 2.74 bits per heavy atom. The summed E-state index contributed by atoms with van der Waals surface area (Å²) in [4.78, 5) is 14.2. The molecular formula is C15H21NO3. The Balaban J connectivity index is 2.23. The number of amides is 1. The molecule has 0 fully saturated rings. The number of methoxy groups -OCH3 is 1. The van der Waals surface area contributed by atoms with Crippen LogP contribution in [0.25, 0.3) is 0 Å². The molecule has 1 aromatic carbocycles. The maximum absolute atomic E-state index is 12.4. The van der Waals surface area contributed by atoms with Gasteiger partial charge in [-0.1, -0.05) is 20.8 Å². The fourth-order valence-electron chi connectivity index (χ4n) is 2.12. The van der Waals surface area contributed by atoms with Crippen molar-refractivity contribution in [3.8, 4) is 11.5 Å². The second-order valence-electron chi connectivity index (χ2n) is 5.80. The lowest BCUT2D eigenvalue weighted by Gasteiger charge is -2.27. The lowest BCUT2D eigenvalue weighted by Crippen LogP contribution is -2.40. The number of ether oxygens (including phenoxy) is 2. The number of benzene rings is 1. The van der Waals surface area contributed by atoms with Gasteiger partial charge in [-0.25, -0.2) is 0 Å². The van der Waals surface area contributed by atoms with Crippen molar-refractivity contribution in [2.75, 3.05) is 20.3 Å². The van der Waals surface area contributed by atoms with E-state index in [4.69, 9.17) is 9.47 Å². The molecular weight excluding hydrogens is 242 g/mol. The van der Waals surface area contributed by atoms with Crippen molar-refractivity contribution in [2.45, 2.75) is 27.3 Å². The van der Waals surface area contributed by atoms with Gasteiger partial charge in [-0.15, -0.1) is 0 Å². The largest absolute Gasteiger partial charge is 0.497 e. The van der Waals surface area contributed by atoms with Crippen molar-refractivity contribution < 1.29 is 14.3 Å². The minimum atomic E-state index is -0.364. The first-order valence-electron chi connectivity index (χ1n) is 6.51. The highest BCUT2D eigenvalue weighted by atomic mass is 16.5. The van der Waals surface area contributed by atoms with Crippen LogP contribution in [0, 0.1) is 5.41 Å². The smallest absolute Gasteiger partial charge is 0.228 e. The molecule has 0 saturated carbocycles. The fraction of sp³-hybridized carbons (Fsp3) is 0.533. The molecule has 19 heavy (non-hydrogen) atoms. The maximum Gasteiger partial charge on any atom is 0.228 e. The van der Waals surface area contributed by atoms with Crippen LogP contribution in [0.5, 0.6) is 11.5 Å². The average Bonchev–Trinajstić information content (AvgIpc) is 2.57. The van der Waals surface area contributed by atoms with Crippen molar-refractivity contribution in [1.82, 2.24) is 4.90 Å². The van der Waals surface area contributed by atoms with Gasteiger partial charge in [0.2, 0.25) is 5.91 Å². The lowest BCUT2D eigenvalue weighted by atomic mass is 9.94. The summed E-state index contributed by atoms with van der Waals surface area (Å²) in [6.07, 6.45) is 0. The molecule has 0 unspecified atom stereocenters. The quantitative estimate of drug-likeness (QED) is 0.781. The minimum Gasteiger partial charge on any atom is -0.497 e. The molecule has 1 aromatic rings. The summed E-state index contributed by atoms with van der Waals surface area (Å²) in [6.45, 7) is 7.55. The number of fused-ring (bicyclic) bond motifs is 1. The van der Waals surface area contributed by atoms with Crippen LogP contribution in [0.4, 0.5) is 0 Å². The number of rotatable bonds is 1. The van der Waals surface area contributed by atoms with E-state index in [9.17, 15) is 4.79 Å². The summed E-state index contributed by atoms with van der Waals surface area (Å²) in [6, 6.07) is 5.73. The van der Waals surface area contributed by atoms with Gasteiger partial charge in [-0.3, -0.25) is 4.79 Å². The second-order valence-corrected chi connectivity index (χ2v) is 5.80. The first-order valence-corrected chi connectivity index (χ1v) is 6.51. The molecule has 1 aliphatic heterocycles. The Hall–Kier alpha value is -1.71. The third kappa shape index (κ3) is 3.00. The van der Waals surface area contributed by atoms with Crippen LogP contribution < -0.4 is 9.47 Å². The van der Waals surface area contributed by atoms with Crippen molar-refractivity contribution >= 4 is 5.91 Å². The van der Waals surface area contributed by atoms with Gasteiger partial charge in [-0.05, 0) is 12.1 Å². The fourth-order valence-corrected chi connectivity index (χ4v) is 2.12. The zero-order valence-electron chi connectivity index (χ0n) is 12.0. The van der Waals surface area contributed by atoms with E-state index in [1.165, 1.54) is 0 Å². The zero-order chi connectivity index (χ0) is 14.0. The van der Waals surface area contributed by atoms with Gasteiger partial charge in [0.25, 0.3) is 0 Å². The van der Waals surface area contributed by atoms with E-state index in [-0.39, 0.29) is 11.3 Å². The molecule has 0 bridgehead atoms. The van der Waals surface area contributed by atoms with Gasteiger partial charge in [0.15, 0.2) is 0 Å². The average molecular weight is 263 g/mol. The predicted octanol–water partition coefficient (Wildman–Crippen LogP) is 2.46. The Bertz CT molecular complexity index is 477. The van der Waals surface area contributed by atoms with Gasteiger partial charge < -0.3 is 14.4 Å². The Labute approximate surface area is 114 Å². The highest BCUT2D eigenvalue weighted by Crippen LogP contribution is 2.29. The SMILES string of the molecule is COc1ccc2c(c1)OCCN(C(=O)C(C)(C)C)C2. The topological polar surface area (TPSA) is 38.8 Å². The van der Waals surface area contributed by atoms with Crippen LogP contribution in [0.2, 0.25) is 0 Å². The number of hydrogen-bond donors (Lipinski definition) is 0. The number of carbonyl (C=O) groups is 1. The summed E-state index contributed by atoms with van der Waals surface area (Å²) in [5, 5.41) is 0.